The van der Waals surface area contributed by atoms with E-state index in [1.54, 1.807) is 0 Å². The van der Waals surface area contributed by atoms with Crippen LogP contribution < -0.4 is 5.73 Å². The summed E-state index contributed by atoms with van der Waals surface area (Å²) < 4.78 is 22.3. The average molecular weight is 303 g/mol. The number of carbonyl (C=O) groups excluding carboxylic acids is 1. The number of nitrogens with zero attached hydrogens (tertiary/aromatic N) is 2. The van der Waals surface area contributed by atoms with Gasteiger partial charge in [-0.25, -0.2) is 8.42 Å². The van der Waals surface area contributed by atoms with Crippen LogP contribution in [0, 0.1) is 0 Å². The van der Waals surface area contributed by atoms with Gasteiger partial charge in [-0.1, -0.05) is 0 Å². The summed E-state index contributed by atoms with van der Waals surface area (Å²) in [5.74, 6) is -0.130. The first-order chi connectivity index (χ1) is 9.28. The maximum absolute atomic E-state index is 12.3. The van der Waals surface area contributed by atoms with Crippen LogP contribution in [0.3, 0.4) is 0 Å². The Morgan fingerprint density at radius 1 is 1.30 bits per heavy atom. The number of hydrogen-bond donors (Lipinski definition) is 1. The zero-order chi connectivity index (χ0) is 14.9. The Hall–Kier alpha value is -0.660. The highest BCUT2D eigenvalue weighted by Gasteiger charge is 2.36. The lowest BCUT2D eigenvalue weighted by Crippen LogP contribution is -2.47. The Kier molecular flexibility index (Phi) is 4.71. The SMILES string of the molecule is CN1C2CCC1CN(C(=O)C(N)CCS(C)(=O)=O)CC2. The highest BCUT2D eigenvalue weighted by molar-refractivity contribution is 7.90. The molecular weight excluding hydrogens is 278 g/mol. The molecule has 116 valence electrons. The van der Waals surface area contributed by atoms with Crippen LogP contribution in [0.4, 0.5) is 0 Å². The number of hydrogen-bond acceptors (Lipinski definition) is 5. The van der Waals surface area contributed by atoms with Gasteiger partial charge in [0.2, 0.25) is 5.91 Å². The van der Waals surface area contributed by atoms with Crippen molar-refractivity contribution < 1.29 is 13.2 Å². The Labute approximate surface area is 121 Å². The molecule has 3 unspecified atom stereocenters. The van der Waals surface area contributed by atoms with Gasteiger partial charge in [-0.05, 0) is 32.7 Å². The molecule has 2 aliphatic rings. The molecule has 2 bridgehead atoms. The maximum atomic E-state index is 12.3. The summed E-state index contributed by atoms with van der Waals surface area (Å²) in [6, 6.07) is 0.297. The van der Waals surface area contributed by atoms with Gasteiger partial charge in [0, 0.05) is 31.4 Å². The molecule has 2 rings (SSSR count). The van der Waals surface area contributed by atoms with Crippen LogP contribution in [-0.4, -0.2) is 74.4 Å². The lowest BCUT2D eigenvalue weighted by atomic mass is 10.1. The second-order valence-electron chi connectivity index (χ2n) is 6.15. The predicted octanol–water partition coefficient (Wildman–Crippen LogP) is -0.556. The first-order valence-corrected chi connectivity index (χ1v) is 9.28. The topological polar surface area (TPSA) is 83.7 Å². The van der Waals surface area contributed by atoms with E-state index in [1.807, 2.05) is 4.90 Å². The summed E-state index contributed by atoms with van der Waals surface area (Å²) >= 11 is 0. The van der Waals surface area contributed by atoms with E-state index in [1.165, 1.54) is 12.7 Å². The maximum Gasteiger partial charge on any atom is 0.239 e. The summed E-state index contributed by atoms with van der Waals surface area (Å²) in [5, 5.41) is 0. The zero-order valence-corrected chi connectivity index (χ0v) is 13.1. The van der Waals surface area contributed by atoms with Crippen molar-refractivity contribution in [1.29, 1.82) is 0 Å². The number of likely N-dealkylation sites (N-methyl/N-ethyl adjacent to an activating group) is 1. The molecule has 1 amide bonds. The number of amides is 1. The van der Waals surface area contributed by atoms with Crippen molar-refractivity contribution in [2.24, 2.45) is 5.73 Å². The molecule has 2 fully saturated rings. The van der Waals surface area contributed by atoms with Gasteiger partial charge < -0.3 is 10.6 Å². The fraction of sp³-hybridized carbons (Fsp3) is 0.923. The molecule has 0 aromatic carbocycles. The number of rotatable bonds is 4. The molecular formula is C13H25N3O3S. The van der Waals surface area contributed by atoms with Gasteiger partial charge in [0.25, 0.3) is 0 Å². The van der Waals surface area contributed by atoms with Crippen LogP contribution in [0.1, 0.15) is 25.7 Å². The third kappa shape index (κ3) is 3.71. The van der Waals surface area contributed by atoms with E-state index >= 15 is 0 Å². The number of sulfone groups is 1. The molecule has 2 heterocycles. The normalized spacial score (nSPS) is 29.2. The fourth-order valence-corrected chi connectivity index (χ4v) is 3.89. The van der Waals surface area contributed by atoms with Crippen LogP contribution in [-0.2, 0) is 14.6 Å². The Balaban J connectivity index is 1.92. The van der Waals surface area contributed by atoms with E-state index < -0.39 is 15.9 Å². The fourth-order valence-electron chi connectivity index (χ4n) is 3.21. The highest BCUT2D eigenvalue weighted by Crippen LogP contribution is 2.28. The van der Waals surface area contributed by atoms with E-state index in [0.717, 1.165) is 25.9 Å². The van der Waals surface area contributed by atoms with Crippen LogP contribution in [0.5, 0.6) is 0 Å². The molecule has 3 atom stereocenters. The van der Waals surface area contributed by atoms with Crippen molar-refractivity contribution in [2.45, 2.75) is 43.8 Å². The quantitative estimate of drug-likeness (QED) is 0.753. The molecule has 2 N–H and O–H groups in total. The average Bonchev–Trinajstić information content (AvgIpc) is 2.59. The third-order valence-corrected chi connectivity index (χ3v) is 5.55. The summed E-state index contributed by atoms with van der Waals surface area (Å²) in [6.07, 6.45) is 4.70. The minimum absolute atomic E-state index is 0.0281. The van der Waals surface area contributed by atoms with Crippen LogP contribution in [0.25, 0.3) is 0 Å². The zero-order valence-electron chi connectivity index (χ0n) is 12.3. The second kappa shape index (κ2) is 5.99. The van der Waals surface area contributed by atoms with E-state index in [-0.39, 0.29) is 18.1 Å². The van der Waals surface area contributed by atoms with Gasteiger partial charge in [0.05, 0.1) is 11.8 Å². The molecule has 0 spiro atoms. The highest BCUT2D eigenvalue weighted by atomic mass is 32.2. The molecule has 0 saturated carbocycles. The van der Waals surface area contributed by atoms with E-state index in [2.05, 4.69) is 11.9 Å². The third-order valence-electron chi connectivity index (χ3n) is 4.58. The lowest BCUT2D eigenvalue weighted by molar-refractivity contribution is -0.133. The largest absolute Gasteiger partial charge is 0.340 e. The second-order valence-corrected chi connectivity index (χ2v) is 8.41. The van der Waals surface area contributed by atoms with Crippen molar-refractivity contribution in [1.82, 2.24) is 9.80 Å². The van der Waals surface area contributed by atoms with Crippen LogP contribution in [0.2, 0.25) is 0 Å². The summed E-state index contributed by atoms with van der Waals surface area (Å²) in [5.41, 5.74) is 5.87. The molecule has 6 nitrogen and oxygen atoms in total. The Morgan fingerprint density at radius 2 is 1.95 bits per heavy atom. The van der Waals surface area contributed by atoms with Gasteiger partial charge in [-0.15, -0.1) is 0 Å². The van der Waals surface area contributed by atoms with Crippen molar-refractivity contribution in [2.75, 3.05) is 32.1 Å². The molecule has 20 heavy (non-hydrogen) atoms. The van der Waals surface area contributed by atoms with Crippen molar-refractivity contribution >= 4 is 15.7 Å². The Morgan fingerprint density at radius 3 is 2.60 bits per heavy atom. The molecule has 7 heteroatoms. The minimum Gasteiger partial charge on any atom is -0.340 e. The van der Waals surface area contributed by atoms with E-state index in [4.69, 9.17) is 5.73 Å². The molecule has 2 saturated heterocycles. The van der Waals surface area contributed by atoms with Gasteiger partial charge in [0.15, 0.2) is 0 Å². The minimum atomic E-state index is -3.07. The number of carbonyl (C=O) groups is 1. The first kappa shape index (κ1) is 15.7. The smallest absolute Gasteiger partial charge is 0.239 e. The number of nitrogens with two attached hydrogens (primary N) is 1. The van der Waals surface area contributed by atoms with Crippen molar-refractivity contribution in [3.8, 4) is 0 Å². The molecule has 2 aliphatic heterocycles. The van der Waals surface area contributed by atoms with Crippen LogP contribution >= 0.6 is 0 Å². The predicted molar refractivity (Wildman–Crippen MR) is 78.1 cm³/mol. The van der Waals surface area contributed by atoms with Crippen molar-refractivity contribution in [3.05, 3.63) is 0 Å². The van der Waals surface area contributed by atoms with Gasteiger partial charge in [0.1, 0.15) is 9.84 Å². The van der Waals surface area contributed by atoms with E-state index in [0.29, 0.717) is 12.1 Å². The first-order valence-electron chi connectivity index (χ1n) is 7.22. The van der Waals surface area contributed by atoms with Gasteiger partial charge >= 0.3 is 0 Å². The summed E-state index contributed by atoms with van der Waals surface area (Å²) in [4.78, 5) is 16.5. The molecule has 0 aromatic rings. The standard InChI is InChI=1S/C13H25N3O3S/c1-15-10-3-4-11(15)9-16(7-5-10)13(17)12(14)6-8-20(2,18)19/h10-12H,3-9,14H2,1-2H3. The summed E-state index contributed by atoms with van der Waals surface area (Å²) in [6.45, 7) is 1.45. The van der Waals surface area contributed by atoms with E-state index in [9.17, 15) is 13.2 Å². The Bertz CT molecular complexity index is 465. The monoisotopic (exact) mass is 303 g/mol. The van der Waals surface area contributed by atoms with Crippen molar-refractivity contribution in [3.63, 3.8) is 0 Å². The van der Waals surface area contributed by atoms with Crippen LogP contribution in [0.15, 0.2) is 0 Å². The molecule has 0 radical (unpaired) electrons. The molecule has 0 aliphatic carbocycles. The van der Waals surface area contributed by atoms with Gasteiger partial charge in [-0.2, -0.15) is 0 Å². The number of fused-ring (bicyclic) bond motifs is 2. The molecule has 0 aromatic heterocycles. The van der Waals surface area contributed by atoms with Gasteiger partial charge in [-0.3, -0.25) is 9.69 Å². The summed E-state index contributed by atoms with van der Waals surface area (Å²) in [7, 11) is -0.942. The lowest BCUT2D eigenvalue weighted by Gasteiger charge is -2.28. The number of likely N-dealkylation sites (tertiary alicyclic amines) is 1.